The zero-order chi connectivity index (χ0) is 14.7. The highest BCUT2D eigenvalue weighted by molar-refractivity contribution is 6.07. The van der Waals surface area contributed by atoms with E-state index in [0.717, 1.165) is 24.5 Å². The van der Waals surface area contributed by atoms with Crippen molar-refractivity contribution in [2.45, 2.75) is 19.3 Å². The Kier molecular flexibility index (Phi) is 3.77. The second-order valence-electron chi connectivity index (χ2n) is 5.22. The molecule has 3 rings (SSSR count). The lowest BCUT2D eigenvalue weighted by Crippen LogP contribution is -2.30. The molecule has 0 saturated carbocycles. The van der Waals surface area contributed by atoms with Crippen LogP contribution in [0.1, 0.15) is 29.8 Å². The van der Waals surface area contributed by atoms with Crippen LogP contribution in [0.15, 0.2) is 30.5 Å². The van der Waals surface area contributed by atoms with Crippen LogP contribution in [0.5, 0.6) is 0 Å². The molecule has 6 nitrogen and oxygen atoms in total. The quantitative estimate of drug-likeness (QED) is 0.807. The molecule has 0 radical (unpaired) electrons. The van der Waals surface area contributed by atoms with Crippen molar-refractivity contribution in [3.63, 3.8) is 0 Å². The van der Waals surface area contributed by atoms with Crippen LogP contribution < -0.4 is 16.0 Å². The lowest BCUT2D eigenvalue weighted by molar-refractivity contribution is 0.102. The number of hydrogen-bond acceptors (Lipinski definition) is 4. The first-order valence-corrected chi connectivity index (χ1v) is 7.20. The minimum atomic E-state index is -0.269. The van der Waals surface area contributed by atoms with Crippen LogP contribution >= 0.6 is 0 Å². The van der Waals surface area contributed by atoms with Crippen molar-refractivity contribution < 1.29 is 4.79 Å². The van der Waals surface area contributed by atoms with Gasteiger partial charge in [-0.2, -0.15) is 5.10 Å². The fourth-order valence-corrected chi connectivity index (χ4v) is 2.65. The third kappa shape index (κ3) is 2.84. The Hall–Kier alpha value is -2.50. The zero-order valence-corrected chi connectivity index (χ0v) is 11.8. The summed E-state index contributed by atoms with van der Waals surface area (Å²) in [6.45, 7) is 2.05. The van der Waals surface area contributed by atoms with Gasteiger partial charge in [0, 0.05) is 13.1 Å². The van der Waals surface area contributed by atoms with Crippen molar-refractivity contribution in [3.8, 4) is 0 Å². The predicted octanol–water partition coefficient (Wildman–Crippen LogP) is 2.23. The Labute approximate surface area is 123 Å². The molecule has 1 amide bonds. The van der Waals surface area contributed by atoms with Gasteiger partial charge in [0.05, 0.1) is 23.3 Å². The fourth-order valence-electron chi connectivity index (χ4n) is 2.65. The third-order valence-corrected chi connectivity index (χ3v) is 3.74. The molecule has 2 heterocycles. The number of anilines is 3. The highest BCUT2D eigenvalue weighted by atomic mass is 16.2. The highest BCUT2D eigenvalue weighted by Gasteiger charge is 2.17. The molecular weight excluding hydrogens is 266 g/mol. The van der Waals surface area contributed by atoms with Crippen LogP contribution in [0.4, 0.5) is 17.1 Å². The molecule has 1 aromatic heterocycles. The molecule has 1 aliphatic rings. The molecule has 0 bridgehead atoms. The summed E-state index contributed by atoms with van der Waals surface area (Å²) in [7, 11) is 0. The topological polar surface area (TPSA) is 87.0 Å². The summed E-state index contributed by atoms with van der Waals surface area (Å²) in [5, 5.41) is 9.32. The smallest absolute Gasteiger partial charge is 0.275 e. The molecule has 2 aromatic rings. The van der Waals surface area contributed by atoms with E-state index < -0.39 is 0 Å². The maximum absolute atomic E-state index is 12.3. The number of piperidine rings is 1. The molecule has 21 heavy (non-hydrogen) atoms. The van der Waals surface area contributed by atoms with E-state index in [4.69, 9.17) is 5.73 Å². The number of carbonyl (C=O) groups excluding carboxylic acids is 1. The summed E-state index contributed by atoms with van der Waals surface area (Å²) in [6.07, 6.45) is 5.09. The van der Waals surface area contributed by atoms with E-state index in [1.807, 2.05) is 24.3 Å². The molecule has 1 aromatic carbocycles. The van der Waals surface area contributed by atoms with E-state index in [2.05, 4.69) is 20.4 Å². The van der Waals surface area contributed by atoms with Gasteiger partial charge < -0.3 is 16.0 Å². The van der Waals surface area contributed by atoms with Gasteiger partial charge in [-0.3, -0.25) is 9.89 Å². The van der Waals surface area contributed by atoms with Gasteiger partial charge in [0.1, 0.15) is 5.69 Å². The molecule has 110 valence electrons. The zero-order valence-electron chi connectivity index (χ0n) is 11.8. The van der Waals surface area contributed by atoms with Crippen molar-refractivity contribution in [1.82, 2.24) is 10.2 Å². The van der Waals surface area contributed by atoms with Crippen LogP contribution in [-0.2, 0) is 0 Å². The van der Waals surface area contributed by atoms with Gasteiger partial charge in [0.25, 0.3) is 5.91 Å². The van der Waals surface area contributed by atoms with Crippen LogP contribution in [0, 0.1) is 0 Å². The Morgan fingerprint density at radius 1 is 1.24 bits per heavy atom. The summed E-state index contributed by atoms with van der Waals surface area (Å²) in [6, 6.07) is 7.86. The number of hydrogen-bond donors (Lipinski definition) is 3. The number of nitrogens with zero attached hydrogens (tertiary/aromatic N) is 2. The van der Waals surface area contributed by atoms with E-state index in [0.29, 0.717) is 11.4 Å². The Morgan fingerprint density at radius 2 is 2.00 bits per heavy atom. The van der Waals surface area contributed by atoms with Gasteiger partial charge in [-0.05, 0) is 31.4 Å². The number of H-pyrrole nitrogens is 1. The number of carbonyl (C=O) groups is 1. The van der Waals surface area contributed by atoms with Crippen LogP contribution in [0.2, 0.25) is 0 Å². The number of amides is 1. The van der Waals surface area contributed by atoms with Gasteiger partial charge in [-0.15, -0.1) is 0 Å². The normalized spacial score (nSPS) is 15.0. The van der Waals surface area contributed by atoms with Crippen molar-refractivity contribution >= 4 is 23.0 Å². The van der Waals surface area contributed by atoms with Gasteiger partial charge in [0.2, 0.25) is 0 Å². The molecule has 0 spiro atoms. The third-order valence-electron chi connectivity index (χ3n) is 3.74. The minimum absolute atomic E-state index is 0.269. The first-order chi connectivity index (χ1) is 10.3. The number of rotatable bonds is 3. The average Bonchev–Trinajstić information content (AvgIpc) is 2.95. The van der Waals surface area contributed by atoms with Crippen LogP contribution in [0.3, 0.4) is 0 Å². The van der Waals surface area contributed by atoms with E-state index in [1.165, 1.54) is 25.5 Å². The molecule has 1 aliphatic heterocycles. The van der Waals surface area contributed by atoms with Gasteiger partial charge in [0.15, 0.2) is 0 Å². The lowest BCUT2D eigenvalue weighted by atomic mass is 10.1. The standard InChI is InChI=1S/C15H19N5O/c16-11-10-17-19-14(11)15(21)18-12-6-2-3-7-13(12)20-8-4-1-5-9-20/h2-3,6-7,10H,1,4-5,8-9,16H2,(H,17,19)(H,18,21). The summed E-state index contributed by atoms with van der Waals surface area (Å²) in [5.74, 6) is -0.269. The van der Waals surface area contributed by atoms with Crippen molar-refractivity contribution in [3.05, 3.63) is 36.2 Å². The summed E-state index contributed by atoms with van der Waals surface area (Å²) >= 11 is 0. The lowest BCUT2D eigenvalue weighted by Gasteiger charge is -2.30. The molecular formula is C15H19N5O. The molecule has 0 atom stereocenters. The monoisotopic (exact) mass is 285 g/mol. The van der Waals surface area contributed by atoms with Crippen LogP contribution in [0.25, 0.3) is 0 Å². The van der Waals surface area contributed by atoms with E-state index in [1.54, 1.807) is 0 Å². The number of nitrogens with two attached hydrogens (primary N) is 1. The molecule has 0 aliphatic carbocycles. The number of benzene rings is 1. The fraction of sp³-hybridized carbons (Fsp3) is 0.333. The molecule has 0 unspecified atom stereocenters. The number of para-hydroxylation sites is 2. The molecule has 1 saturated heterocycles. The number of aromatic nitrogens is 2. The van der Waals surface area contributed by atoms with E-state index in [-0.39, 0.29) is 5.91 Å². The SMILES string of the molecule is Nc1cn[nH]c1C(=O)Nc1ccccc1N1CCCCC1. The Balaban J connectivity index is 1.82. The molecule has 1 fully saturated rings. The van der Waals surface area contributed by atoms with Crippen LogP contribution in [-0.4, -0.2) is 29.2 Å². The Morgan fingerprint density at radius 3 is 2.71 bits per heavy atom. The summed E-state index contributed by atoms with van der Waals surface area (Å²) in [4.78, 5) is 14.6. The first-order valence-electron chi connectivity index (χ1n) is 7.20. The first kappa shape index (κ1) is 13.5. The minimum Gasteiger partial charge on any atom is -0.396 e. The van der Waals surface area contributed by atoms with Gasteiger partial charge in [-0.1, -0.05) is 12.1 Å². The molecule has 4 N–H and O–H groups in total. The van der Waals surface area contributed by atoms with Gasteiger partial charge >= 0.3 is 0 Å². The highest BCUT2D eigenvalue weighted by Crippen LogP contribution is 2.28. The number of aromatic amines is 1. The van der Waals surface area contributed by atoms with Gasteiger partial charge in [-0.25, -0.2) is 0 Å². The van der Waals surface area contributed by atoms with Crippen molar-refractivity contribution in [1.29, 1.82) is 0 Å². The number of nitrogen functional groups attached to an aromatic ring is 1. The van der Waals surface area contributed by atoms with Crippen molar-refractivity contribution in [2.75, 3.05) is 29.0 Å². The summed E-state index contributed by atoms with van der Waals surface area (Å²) < 4.78 is 0. The average molecular weight is 285 g/mol. The van der Waals surface area contributed by atoms with E-state index in [9.17, 15) is 4.79 Å². The molecule has 6 heteroatoms. The number of nitrogens with one attached hydrogen (secondary N) is 2. The predicted molar refractivity (Wildman–Crippen MR) is 83.5 cm³/mol. The summed E-state index contributed by atoms with van der Waals surface area (Å²) in [5.41, 5.74) is 8.22. The van der Waals surface area contributed by atoms with Crippen molar-refractivity contribution in [2.24, 2.45) is 0 Å². The maximum Gasteiger partial charge on any atom is 0.275 e. The second-order valence-corrected chi connectivity index (χ2v) is 5.22. The Bertz CT molecular complexity index is 630. The van der Waals surface area contributed by atoms with E-state index >= 15 is 0 Å². The maximum atomic E-state index is 12.3. The second kappa shape index (κ2) is 5.87. The largest absolute Gasteiger partial charge is 0.396 e.